The minimum absolute atomic E-state index is 0.0430. The van der Waals surface area contributed by atoms with E-state index in [2.05, 4.69) is 15.6 Å². The van der Waals surface area contributed by atoms with Crippen LogP contribution < -0.4 is 15.4 Å². The van der Waals surface area contributed by atoms with E-state index in [0.717, 1.165) is 22.6 Å². The molecule has 0 spiro atoms. The van der Waals surface area contributed by atoms with Crippen LogP contribution in [0.5, 0.6) is 5.75 Å². The van der Waals surface area contributed by atoms with Gasteiger partial charge in [0.05, 0.1) is 13.4 Å². The summed E-state index contributed by atoms with van der Waals surface area (Å²) in [7, 11) is 1.63. The van der Waals surface area contributed by atoms with E-state index in [-0.39, 0.29) is 11.8 Å². The Bertz CT molecular complexity index is 1300. The van der Waals surface area contributed by atoms with Gasteiger partial charge < -0.3 is 19.9 Å². The Morgan fingerprint density at radius 1 is 0.943 bits per heavy atom. The van der Waals surface area contributed by atoms with Crippen molar-refractivity contribution in [3.63, 3.8) is 0 Å². The van der Waals surface area contributed by atoms with Gasteiger partial charge >= 0.3 is 0 Å². The number of methoxy groups -OCH3 is 1. The minimum atomic E-state index is -0.307. The van der Waals surface area contributed by atoms with Gasteiger partial charge in [-0.25, -0.2) is 4.98 Å². The summed E-state index contributed by atoms with van der Waals surface area (Å²) < 4.78 is 6.98. The van der Waals surface area contributed by atoms with Crippen LogP contribution in [-0.4, -0.2) is 28.5 Å². The van der Waals surface area contributed by atoms with Gasteiger partial charge in [0.2, 0.25) is 5.91 Å². The molecule has 0 aliphatic carbocycles. The summed E-state index contributed by atoms with van der Waals surface area (Å²) >= 11 is 5.96. The highest BCUT2D eigenvalue weighted by molar-refractivity contribution is 6.30. The normalized spacial score (nSPS) is 10.6. The SMILES string of the molecule is COc1ccc(CCC(=O)Nc2ccc(Cn3cnc(C(=O)Nc4cccc(Cl)c4)c3)cc2)cc1. The highest BCUT2D eigenvalue weighted by Gasteiger charge is 2.10. The first-order valence-corrected chi connectivity index (χ1v) is 11.5. The van der Waals surface area contributed by atoms with E-state index in [1.54, 1.807) is 43.9 Å². The zero-order chi connectivity index (χ0) is 24.6. The van der Waals surface area contributed by atoms with Crippen molar-refractivity contribution in [3.8, 4) is 5.75 Å². The van der Waals surface area contributed by atoms with Crippen LogP contribution in [-0.2, 0) is 17.8 Å². The maximum absolute atomic E-state index is 12.4. The van der Waals surface area contributed by atoms with E-state index in [1.807, 2.05) is 53.1 Å². The largest absolute Gasteiger partial charge is 0.497 e. The van der Waals surface area contributed by atoms with E-state index in [4.69, 9.17) is 16.3 Å². The summed E-state index contributed by atoms with van der Waals surface area (Å²) in [5.41, 5.74) is 3.75. The van der Waals surface area contributed by atoms with Crippen molar-refractivity contribution < 1.29 is 14.3 Å². The number of benzene rings is 3. The third-order valence-corrected chi connectivity index (χ3v) is 5.59. The molecule has 2 amide bonds. The first-order chi connectivity index (χ1) is 17.0. The van der Waals surface area contributed by atoms with E-state index < -0.39 is 0 Å². The van der Waals surface area contributed by atoms with Crippen LogP contribution in [0, 0.1) is 0 Å². The van der Waals surface area contributed by atoms with Gasteiger partial charge in [0, 0.05) is 35.6 Å². The van der Waals surface area contributed by atoms with E-state index in [0.29, 0.717) is 35.8 Å². The zero-order valence-corrected chi connectivity index (χ0v) is 20.0. The molecule has 0 fully saturated rings. The van der Waals surface area contributed by atoms with Crippen LogP contribution in [0.15, 0.2) is 85.3 Å². The van der Waals surface area contributed by atoms with Crippen molar-refractivity contribution in [2.24, 2.45) is 0 Å². The van der Waals surface area contributed by atoms with Crippen molar-refractivity contribution in [3.05, 3.63) is 107 Å². The Kier molecular flexibility index (Phi) is 7.80. The Balaban J connectivity index is 1.27. The van der Waals surface area contributed by atoms with Gasteiger partial charge in [0.1, 0.15) is 11.4 Å². The van der Waals surface area contributed by atoms with E-state index >= 15 is 0 Å². The summed E-state index contributed by atoms with van der Waals surface area (Å²) in [6, 6.07) is 22.3. The van der Waals surface area contributed by atoms with Crippen LogP contribution in [0.1, 0.15) is 28.0 Å². The number of hydrogen-bond acceptors (Lipinski definition) is 4. The maximum Gasteiger partial charge on any atom is 0.275 e. The topological polar surface area (TPSA) is 85.2 Å². The molecule has 1 heterocycles. The van der Waals surface area contributed by atoms with Gasteiger partial charge in [-0.15, -0.1) is 0 Å². The van der Waals surface area contributed by atoms with Crippen molar-refractivity contribution >= 4 is 34.8 Å². The smallest absolute Gasteiger partial charge is 0.275 e. The third-order valence-electron chi connectivity index (χ3n) is 5.35. The van der Waals surface area contributed by atoms with Crippen LogP contribution in [0.25, 0.3) is 0 Å². The molecular weight excluding hydrogens is 464 g/mol. The Labute approximate surface area is 208 Å². The second kappa shape index (κ2) is 11.4. The fraction of sp³-hybridized carbons (Fsp3) is 0.148. The molecule has 4 rings (SSSR count). The number of carbonyl (C=O) groups excluding carboxylic acids is 2. The lowest BCUT2D eigenvalue weighted by Crippen LogP contribution is -2.12. The lowest BCUT2D eigenvalue weighted by molar-refractivity contribution is -0.116. The molecule has 0 aliphatic rings. The molecule has 0 atom stereocenters. The number of anilines is 2. The molecule has 0 unspecified atom stereocenters. The predicted molar refractivity (Wildman–Crippen MR) is 137 cm³/mol. The number of imidazole rings is 1. The van der Waals surface area contributed by atoms with Crippen molar-refractivity contribution in [1.82, 2.24) is 9.55 Å². The number of halogens is 1. The molecule has 0 radical (unpaired) electrons. The first kappa shape index (κ1) is 24.0. The number of aryl methyl sites for hydroxylation is 1. The van der Waals surface area contributed by atoms with Crippen molar-refractivity contribution in [2.75, 3.05) is 17.7 Å². The van der Waals surface area contributed by atoms with Crippen molar-refractivity contribution in [2.45, 2.75) is 19.4 Å². The predicted octanol–water partition coefficient (Wildman–Crippen LogP) is 5.42. The lowest BCUT2D eigenvalue weighted by Gasteiger charge is -2.08. The first-order valence-electron chi connectivity index (χ1n) is 11.1. The molecule has 4 aromatic rings. The summed E-state index contributed by atoms with van der Waals surface area (Å²) in [5.74, 6) is 0.447. The molecule has 0 saturated carbocycles. The van der Waals surface area contributed by atoms with E-state index in [1.165, 1.54) is 0 Å². The van der Waals surface area contributed by atoms with Gasteiger partial charge in [0.15, 0.2) is 0 Å². The molecule has 7 nitrogen and oxygen atoms in total. The average Bonchev–Trinajstić information content (AvgIpc) is 3.33. The number of carbonyl (C=O) groups is 2. The molecule has 0 bridgehead atoms. The zero-order valence-electron chi connectivity index (χ0n) is 19.2. The van der Waals surface area contributed by atoms with Gasteiger partial charge in [-0.2, -0.15) is 0 Å². The van der Waals surface area contributed by atoms with Crippen LogP contribution >= 0.6 is 11.6 Å². The number of nitrogens with zero attached hydrogens (tertiary/aromatic N) is 2. The number of rotatable bonds is 9. The van der Waals surface area contributed by atoms with Gasteiger partial charge in [-0.05, 0) is 60.0 Å². The number of nitrogens with one attached hydrogen (secondary N) is 2. The number of aromatic nitrogens is 2. The average molecular weight is 489 g/mol. The molecule has 178 valence electrons. The standard InChI is InChI=1S/C27H25ClN4O3/c1-35-24-12-7-19(8-13-24)9-14-26(33)30-22-10-5-20(6-11-22)16-32-17-25(29-18-32)27(34)31-23-4-2-3-21(28)15-23/h2-8,10-13,15,17-18H,9,14,16H2,1H3,(H,30,33)(H,31,34). The summed E-state index contributed by atoms with van der Waals surface area (Å²) in [6.07, 6.45) is 4.35. The molecular formula is C27H25ClN4O3. The van der Waals surface area contributed by atoms with Crippen LogP contribution in [0.3, 0.4) is 0 Å². The molecule has 8 heteroatoms. The number of hydrogen-bond donors (Lipinski definition) is 2. The molecule has 2 N–H and O–H groups in total. The fourth-order valence-corrected chi connectivity index (χ4v) is 3.69. The van der Waals surface area contributed by atoms with Gasteiger partial charge in [-0.1, -0.05) is 41.9 Å². The molecule has 0 aliphatic heterocycles. The van der Waals surface area contributed by atoms with Gasteiger partial charge in [0.25, 0.3) is 5.91 Å². The van der Waals surface area contributed by atoms with Gasteiger partial charge in [-0.3, -0.25) is 9.59 Å². The highest BCUT2D eigenvalue weighted by Crippen LogP contribution is 2.17. The van der Waals surface area contributed by atoms with Crippen molar-refractivity contribution in [1.29, 1.82) is 0 Å². The molecule has 0 saturated heterocycles. The molecule has 35 heavy (non-hydrogen) atoms. The molecule has 1 aromatic heterocycles. The summed E-state index contributed by atoms with van der Waals surface area (Å²) in [4.78, 5) is 28.9. The lowest BCUT2D eigenvalue weighted by atomic mass is 10.1. The van der Waals surface area contributed by atoms with E-state index in [9.17, 15) is 9.59 Å². The Hall–Kier alpha value is -4.10. The van der Waals surface area contributed by atoms with Crippen LogP contribution in [0.4, 0.5) is 11.4 Å². The number of amides is 2. The second-order valence-corrected chi connectivity index (χ2v) is 8.43. The quantitative estimate of drug-likeness (QED) is 0.329. The monoisotopic (exact) mass is 488 g/mol. The Morgan fingerprint density at radius 2 is 1.69 bits per heavy atom. The fourth-order valence-electron chi connectivity index (χ4n) is 3.50. The van der Waals surface area contributed by atoms with Crippen LogP contribution in [0.2, 0.25) is 5.02 Å². The second-order valence-electron chi connectivity index (χ2n) is 7.99. The molecule has 3 aromatic carbocycles. The highest BCUT2D eigenvalue weighted by atomic mass is 35.5. The summed E-state index contributed by atoms with van der Waals surface area (Å²) in [5, 5.41) is 6.26. The summed E-state index contributed by atoms with van der Waals surface area (Å²) in [6.45, 7) is 0.545. The Morgan fingerprint density at radius 3 is 2.40 bits per heavy atom. The number of ether oxygens (including phenoxy) is 1. The third kappa shape index (κ3) is 6.94. The minimum Gasteiger partial charge on any atom is -0.497 e. The maximum atomic E-state index is 12.4.